The molecule has 0 atom stereocenters. The lowest BCUT2D eigenvalue weighted by molar-refractivity contribution is -0.125. The highest BCUT2D eigenvalue weighted by Gasteiger charge is 2.22. The number of carbonyl (C=O) groups excluding carboxylic acids is 3. The van der Waals surface area contributed by atoms with Gasteiger partial charge in [0.05, 0.1) is 5.69 Å². The molecular weight excluding hydrogens is 436 g/mol. The van der Waals surface area contributed by atoms with Crippen molar-refractivity contribution in [3.8, 4) is 0 Å². The Morgan fingerprint density at radius 3 is 2.45 bits per heavy atom. The third-order valence-corrected chi connectivity index (χ3v) is 6.27. The van der Waals surface area contributed by atoms with Crippen LogP contribution in [0.4, 0.5) is 10.8 Å². The minimum atomic E-state index is -0.299. The second-order valence-electron chi connectivity index (χ2n) is 7.70. The van der Waals surface area contributed by atoms with Crippen LogP contribution in [0.5, 0.6) is 0 Å². The number of aromatic nitrogens is 1. The number of hydrogen-bond donors (Lipinski definition) is 2. The highest BCUT2D eigenvalue weighted by Crippen LogP contribution is 2.21. The molecule has 0 spiro atoms. The predicted molar refractivity (Wildman–Crippen MR) is 124 cm³/mol. The van der Waals surface area contributed by atoms with Crippen LogP contribution in [-0.2, 0) is 14.4 Å². The molecule has 1 saturated carbocycles. The summed E-state index contributed by atoms with van der Waals surface area (Å²) in [6.45, 7) is 1.75. The molecule has 31 heavy (non-hydrogen) atoms. The number of nitrogens with one attached hydrogen (secondary N) is 2. The largest absolute Gasteiger partial charge is 0.352 e. The van der Waals surface area contributed by atoms with E-state index in [0.29, 0.717) is 15.8 Å². The van der Waals surface area contributed by atoms with E-state index in [4.69, 9.17) is 11.6 Å². The lowest BCUT2D eigenvalue weighted by atomic mass is 9.95. The number of benzene rings is 1. The lowest BCUT2D eigenvalue weighted by Gasteiger charge is -2.26. The van der Waals surface area contributed by atoms with Crippen LogP contribution in [0.1, 0.15) is 50.6 Å². The van der Waals surface area contributed by atoms with Crippen molar-refractivity contribution in [2.75, 3.05) is 16.8 Å². The molecule has 3 rings (SSSR count). The molecule has 0 radical (unpaired) electrons. The van der Waals surface area contributed by atoms with Gasteiger partial charge in [0, 0.05) is 35.0 Å². The van der Waals surface area contributed by atoms with Gasteiger partial charge in [0.1, 0.15) is 6.54 Å². The SMILES string of the molecule is Cc1csc(NC(=O)CCC(=O)N(CC(=O)NC2CCCCC2)c2ccc(Cl)cc2)n1. The van der Waals surface area contributed by atoms with Crippen LogP contribution in [0.25, 0.3) is 0 Å². The molecule has 2 N–H and O–H groups in total. The highest BCUT2D eigenvalue weighted by atomic mass is 35.5. The zero-order valence-corrected chi connectivity index (χ0v) is 19.1. The topological polar surface area (TPSA) is 91.4 Å². The molecule has 0 aliphatic heterocycles. The number of nitrogens with zero attached hydrogens (tertiary/aromatic N) is 2. The average molecular weight is 463 g/mol. The van der Waals surface area contributed by atoms with Gasteiger partial charge in [-0.05, 0) is 44.0 Å². The fourth-order valence-corrected chi connectivity index (χ4v) is 4.39. The van der Waals surface area contributed by atoms with Crippen molar-refractivity contribution in [2.45, 2.75) is 57.9 Å². The van der Waals surface area contributed by atoms with Crippen LogP contribution in [0, 0.1) is 6.92 Å². The maximum atomic E-state index is 12.9. The van der Waals surface area contributed by atoms with E-state index in [2.05, 4.69) is 15.6 Å². The molecule has 1 heterocycles. The smallest absolute Gasteiger partial charge is 0.240 e. The molecule has 3 amide bonds. The summed E-state index contributed by atoms with van der Waals surface area (Å²) in [5.74, 6) is -0.782. The van der Waals surface area contributed by atoms with E-state index in [1.807, 2.05) is 12.3 Å². The molecule has 0 saturated heterocycles. The van der Waals surface area contributed by atoms with Gasteiger partial charge in [-0.3, -0.25) is 14.4 Å². The number of anilines is 2. The molecule has 1 aliphatic carbocycles. The molecule has 0 unspecified atom stereocenters. The first kappa shape index (κ1) is 23.2. The van der Waals surface area contributed by atoms with E-state index in [-0.39, 0.29) is 43.1 Å². The van der Waals surface area contributed by atoms with Crippen molar-refractivity contribution < 1.29 is 14.4 Å². The van der Waals surface area contributed by atoms with Gasteiger partial charge in [0.25, 0.3) is 0 Å². The van der Waals surface area contributed by atoms with Gasteiger partial charge >= 0.3 is 0 Å². The van der Waals surface area contributed by atoms with E-state index in [1.54, 1.807) is 24.3 Å². The second-order valence-corrected chi connectivity index (χ2v) is 9.00. The molecule has 1 aromatic heterocycles. The minimum absolute atomic E-state index is 0.00575. The van der Waals surface area contributed by atoms with Crippen LogP contribution < -0.4 is 15.5 Å². The first-order valence-corrected chi connectivity index (χ1v) is 11.7. The normalized spacial score (nSPS) is 14.1. The van der Waals surface area contributed by atoms with E-state index >= 15 is 0 Å². The summed E-state index contributed by atoms with van der Waals surface area (Å²) >= 11 is 7.31. The average Bonchev–Trinajstić information content (AvgIpc) is 3.16. The van der Waals surface area contributed by atoms with E-state index in [1.165, 1.54) is 22.7 Å². The lowest BCUT2D eigenvalue weighted by Crippen LogP contribution is -2.45. The van der Waals surface area contributed by atoms with Crippen LogP contribution in [0.3, 0.4) is 0 Å². The first-order valence-electron chi connectivity index (χ1n) is 10.5. The molecule has 1 fully saturated rings. The number of halogens is 1. The van der Waals surface area contributed by atoms with Crippen molar-refractivity contribution >= 4 is 51.5 Å². The van der Waals surface area contributed by atoms with Crippen molar-refractivity contribution in [2.24, 2.45) is 0 Å². The quantitative estimate of drug-likeness (QED) is 0.611. The van der Waals surface area contributed by atoms with Crippen molar-refractivity contribution in [1.82, 2.24) is 10.3 Å². The summed E-state index contributed by atoms with van der Waals surface area (Å²) in [6, 6.07) is 6.91. The van der Waals surface area contributed by atoms with E-state index in [0.717, 1.165) is 31.4 Å². The number of amides is 3. The van der Waals surface area contributed by atoms with Gasteiger partial charge in [-0.1, -0.05) is 30.9 Å². The number of aryl methyl sites for hydroxylation is 1. The fourth-order valence-electron chi connectivity index (χ4n) is 3.56. The Balaban J connectivity index is 1.60. The molecule has 1 aromatic carbocycles. The Bertz CT molecular complexity index is 910. The second kappa shape index (κ2) is 11.2. The minimum Gasteiger partial charge on any atom is -0.352 e. The van der Waals surface area contributed by atoms with Gasteiger partial charge in [-0.2, -0.15) is 0 Å². The number of rotatable bonds is 8. The summed E-state index contributed by atoms with van der Waals surface area (Å²) in [4.78, 5) is 43.4. The summed E-state index contributed by atoms with van der Waals surface area (Å²) in [5.41, 5.74) is 1.40. The predicted octanol–water partition coefficient (Wildman–Crippen LogP) is 4.31. The zero-order chi connectivity index (χ0) is 22.2. The third-order valence-electron chi connectivity index (χ3n) is 5.14. The van der Waals surface area contributed by atoms with Crippen molar-refractivity contribution in [1.29, 1.82) is 0 Å². The maximum absolute atomic E-state index is 12.9. The fraction of sp³-hybridized carbons (Fsp3) is 0.455. The Morgan fingerprint density at radius 2 is 1.81 bits per heavy atom. The molecule has 7 nitrogen and oxygen atoms in total. The third kappa shape index (κ3) is 7.33. The van der Waals surface area contributed by atoms with Crippen LogP contribution >= 0.6 is 22.9 Å². The Labute approximate surface area is 191 Å². The number of hydrogen-bond acceptors (Lipinski definition) is 5. The summed E-state index contributed by atoms with van der Waals surface area (Å²) in [5, 5.41) is 8.63. The van der Waals surface area contributed by atoms with E-state index in [9.17, 15) is 14.4 Å². The summed E-state index contributed by atoms with van der Waals surface area (Å²) in [6.07, 6.45) is 5.34. The zero-order valence-electron chi connectivity index (χ0n) is 17.5. The summed E-state index contributed by atoms with van der Waals surface area (Å²) < 4.78 is 0. The van der Waals surface area contributed by atoms with Crippen LogP contribution in [0.15, 0.2) is 29.6 Å². The van der Waals surface area contributed by atoms with Gasteiger partial charge in [-0.25, -0.2) is 4.98 Å². The molecular formula is C22H27ClN4O3S. The van der Waals surface area contributed by atoms with Crippen molar-refractivity contribution in [3.05, 3.63) is 40.4 Å². The molecule has 9 heteroatoms. The number of thiazole rings is 1. The Kier molecular flexibility index (Phi) is 8.43. The summed E-state index contributed by atoms with van der Waals surface area (Å²) in [7, 11) is 0. The monoisotopic (exact) mass is 462 g/mol. The first-order chi connectivity index (χ1) is 14.9. The van der Waals surface area contributed by atoms with Gasteiger partial charge < -0.3 is 15.5 Å². The highest BCUT2D eigenvalue weighted by molar-refractivity contribution is 7.13. The van der Waals surface area contributed by atoms with Crippen LogP contribution in [-0.4, -0.2) is 35.3 Å². The van der Waals surface area contributed by atoms with Gasteiger partial charge in [0.2, 0.25) is 17.7 Å². The van der Waals surface area contributed by atoms with E-state index < -0.39 is 0 Å². The molecule has 166 valence electrons. The Morgan fingerprint density at radius 1 is 1.10 bits per heavy atom. The van der Waals surface area contributed by atoms with Crippen molar-refractivity contribution in [3.63, 3.8) is 0 Å². The number of carbonyl (C=O) groups is 3. The maximum Gasteiger partial charge on any atom is 0.240 e. The van der Waals surface area contributed by atoms with Gasteiger partial charge in [0.15, 0.2) is 5.13 Å². The van der Waals surface area contributed by atoms with Crippen LogP contribution in [0.2, 0.25) is 5.02 Å². The standard InChI is InChI=1S/C22H27ClN4O3S/c1-15-14-31-22(24-15)26-19(28)11-12-21(30)27(18-9-7-16(23)8-10-18)13-20(29)25-17-5-3-2-4-6-17/h7-10,14,17H,2-6,11-13H2,1H3,(H,25,29)(H,24,26,28). The Hall–Kier alpha value is -2.45. The molecule has 2 aromatic rings. The molecule has 1 aliphatic rings. The van der Waals surface area contributed by atoms with Gasteiger partial charge in [-0.15, -0.1) is 11.3 Å². The molecule has 0 bridgehead atoms.